The van der Waals surface area contributed by atoms with Gasteiger partial charge in [0, 0.05) is 12.5 Å². The molecule has 0 saturated carbocycles. The van der Waals surface area contributed by atoms with Crippen molar-refractivity contribution >= 4 is 5.78 Å². The number of Topliss-reactive ketones (excluding diaryl/α,β-unsaturated/α-hetero) is 1. The number of benzene rings is 1. The third-order valence-corrected chi connectivity index (χ3v) is 3.34. The molecule has 0 amide bonds. The Morgan fingerprint density at radius 1 is 1.28 bits per heavy atom. The molecule has 0 fully saturated rings. The molecule has 0 aromatic heterocycles. The highest BCUT2D eigenvalue weighted by atomic mass is 19.1. The van der Waals surface area contributed by atoms with E-state index in [9.17, 15) is 9.18 Å². The van der Waals surface area contributed by atoms with Gasteiger partial charge in [-0.15, -0.1) is 0 Å². The van der Waals surface area contributed by atoms with Crippen LogP contribution in [0.3, 0.4) is 0 Å². The van der Waals surface area contributed by atoms with E-state index in [1.807, 2.05) is 7.05 Å². The molecule has 0 heterocycles. The lowest BCUT2D eigenvalue weighted by atomic mass is 10.1. The van der Waals surface area contributed by atoms with Gasteiger partial charge >= 0.3 is 0 Å². The highest BCUT2D eigenvalue weighted by Crippen LogP contribution is 2.10. The van der Waals surface area contributed by atoms with Crippen LogP contribution < -0.4 is 0 Å². The Morgan fingerprint density at radius 3 is 2.44 bits per heavy atom. The Hall–Kier alpha value is -1.22. The Balaban J connectivity index is 2.54. The molecule has 0 unspecified atom stereocenters. The first-order valence-corrected chi connectivity index (χ1v) is 6.53. The number of hydrogen-bond donors (Lipinski definition) is 0. The largest absolute Gasteiger partial charge is 0.298 e. The van der Waals surface area contributed by atoms with Crippen LogP contribution in [0.4, 0.5) is 4.39 Å². The molecule has 1 aromatic carbocycles. The van der Waals surface area contributed by atoms with E-state index in [4.69, 9.17) is 0 Å². The van der Waals surface area contributed by atoms with Gasteiger partial charge in [-0.25, -0.2) is 4.39 Å². The van der Waals surface area contributed by atoms with E-state index in [1.54, 1.807) is 18.2 Å². The molecule has 0 bridgehead atoms. The number of hydrogen-bond acceptors (Lipinski definition) is 2. The summed E-state index contributed by atoms with van der Waals surface area (Å²) >= 11 is 0. The molecule has 2 nitrogen and oxygen atoms in total. The van der Waals surface area contributed by atoms with Gasteiger partial charge in [0.05, 0.1) is 6.54 Å². The third-order valence-electron chi connectivity index (χ3n) is 3.34. The number of carbonyl (C=O) groups is 1. The van der Waals surface area contributed by atoms with E-state index in [0.29, 0.717) is 18.2 Å². The van der Waals surface area contributed by atoms with Crippen molar-refractivity contribution in [3.05, 3.63) is 35.6 Å². The molecule has 18 heavy (non-hydrogen) atoms. The summed E-state index contributed by atoms with van der Waals surface area (Å²) in [5.41, 5.74) is 0.487. The number of ketones is 1. The fourth-order valence-corrected chi connectivity index (χ4v) is 2.23. The van der Waals surface area contributed by atoms with Crippen molar-refractivity contribution in [1.29, 1.82) is 0 Å². The van der Waals surface area contributed by atoms with Crippen molar-refractivity contribution in [2.75, 3.05) is 13.6 Å². The minimum Gasteiger partial charge on any atom is -0.298 e. The van der Waals surface area contributed by atoms with Crippen LogP contribution in [0, 0.1) is 5.82 Å². The van der Waals surface area contributed by atoms with Gasteiger partial charge in [0.15, 0.2) is 5.78 Å². The molecule has 0 N–H and O–H groups in total. The van der Waals surface area contributed by atoms with Crippen molar-refractivity contribution in [3.63, 3.8) is 0 Å². The lowest BCUT2D eigenvalue weighted by Crippen LogP contribution is -2.35. The number of nitrogens with zero attached hydrogens (tertiary/aromatic N) is 1. The van der Waals surface area contributed by atoms with Crippen LogP contribution in [0.2, 0.25) is 0 Å². The van der Waals surface area contributed by atoms with Gasteiger partial charge in [-0.2, -0.15) is 0 Å². The van der Waals surface area contributed by atoms with E-state index in [0.717, 1.165) is 12.8 Å². The second-order valence-electron chi connectivity index (χ2n) is 4.69. The van der Waals surface area contributed by atoms with Crippen LogP contribution in [-0.2, 0) is 11.2 Å². The number of carbonyl (C=O) groups excluding carboxylic acids is 1. The average molecular weight is 251 g/mol. The molecule has 0 aliphatic rings. The van der Waals surface area contributed by atoms with Crippen LogP contribution in [0.25, 0.3) is 0 Å². The van der Waals surface area contributed by atoms with Gasteiger partial charge in [-0.05, 0) is 31.5 Å². The zero-order valence-electron chi connectivity index (χ0n) is 11.4. The van der Waals surface area contributed by atoms with Crippen molar-refractivity contribution in [3.8, 4) is 0 Å². The van der Waals surface area contributed by atoms with E-state index in [1.165, 1.54) is 6.07 Å². The standard InChI is InChI=1S/C15H22FNO/c1-4-13(5-2)17(3)11-14(18)10-12-8-6-7-9-15(12)16/h6-9,13H,4-5,10-11H2,1-3H3. The summed E-state index contributed by atoms with van der Waals surface area (Å²) in [5.74, 6) is -0.231. The maximum absolute atomic E-state index is 13.4. The summed E-state index contributed by atoms with van der Waals surface area (Å²) in [4.78, 5) is 14.0. The van der Waals surface area contributed by atoms with E-state index in [-0.39, 0.29) is 18.0 Å². The van der Waals surface area contributed by atoms with Gasteiger partial charge in [-0.3, -0.25) is 9.69 Å². The first-order chi connectivity index (χ1) is 8.58. The molecule has 0 atom stereocenters. The monoisotopic (exact) mass is 251 g/mol. The Kier molecular flexibility index (Phi) is 5.99. The maximum atomic E-state index is 13.4. The summed E-state index contributed by atoms with van der Waals surface area (Å²) < 4.78 is 13.4. The molecule has 1 rings (SSSR count). The maximum Gasteiger partial charge on any atom is 0.151 e. The highest BCUT2D eigenvalue weighted by molar-refractivity contribution is 5.82. The van der Waals surface area contributed by atoms with Crippen molar-refractivity contribution < 1.29 is 9.18 Å². The SMILES string of the molecule is CCC(CC)N(C)CC(=O)Cc1ccccc1F. The molecule has 0 saturated heterocycles. The molecular formula is C15H22FNO. The van der Waals surface area contributed by atoms with Crippen molar-refractivity contribution in [2.45, 2.75) is 39.2 Å². The predicted octanol–water partition coefficient (Wildman–Crippen LogP) is 3.06. The fourth-order valence-electron chi connectivity index (χ4n) is 2.23. The zero-order valence-corrected chi connectivity index (χ0v) is 11.4. The Morgan fingerprint density at radius 2 is 1.89 bits per heavy atom. The van der Waals surface area contributed by atoms with Gasteiger partial charge in [0.2, 0.25) is 0 Å². The molecule has 3 heteroatoms. The van der Waals surface area contributed by atoms with Gasteiger partial charge < -0.3 is 0 Å². The summed E-state index contributed by atoms with van der Waals surface area (Å²) in [5, 5.41) is 0. The lowest BCUT2D eigenvalue weighted by Gasteiger charge is -2.25. The molecular weight excluding hydrogens is 229 g/mol. The zero-order chi connectivity index (χ0) is 13.5. The van der Waals surface area contributed by atoms with Crippen LogP contribution in [-0.4, -0.2) is 30.3 Å². The summed E-state index contributed by atoms with van der Waals surface area (Å²) in [7, 11) is 1.96. The van der Waals surface area contributed by atoms with Crippen LogP contribution in [0.15, 0.2) is 24.3 Å². The van der Waals surface area contributed by atoms with Gasteiger partial charge in [0.25, 0.3) is 0 Å². The van der Waals surface area contributed by atoms with E-state index >= 15 is 0 Å². The topological polar surface area (TPSA) is 20.3 Å². The fraction of sp³-hybridized carbons (Fsp3) is 0.533. The quantitative estimate of drug-likeness (QED) is 0.742. The normalized spacial score (nSPS) is 11.2. The molecule has 100 valence electrons. The van der Waals surface area contributed by atoms with Crippen molar-refractivity contribution in [1.82, 2.24) is 4.90 Å². The van der Waals surface area contributed by atoms with Crippen LogP contribution in [0.1, 0.15) is 32.3 Å². The Labute approximate surface area is 109 Å². The number of halogens is 1. The predicted molar refractivity (Wildman–Crippen MR) is 72.1 cm³/mol. The van der Waals surface area contributed by atoms with Crippen LogP contribution in [0.5, 0.6) is 0 Å². The first-order valence-electron chi connectivity index (χ1n) is 6.53. The summed E-state index contributed by atoms with van der Waals surface area (Å²) in [6.07, 6.45) is 2.23. The van der Waals surface area contributed by atoms with E-state index in [2.05, 4.69) is 18.7 Å². The molecule has 0 aliphatic heterocycles. The van der Waals surface area contributed by atoms with E-state index < -0.39 is 0 Å². The first kappa shape index (κ1) is 14.8. The molecule has 0 spiro atoms. The van der Waals surface area contributed by atoms with Crippen molar-refractivity contribution in [2.24, 2.45) is 0 Å². The molecule has 1 aromatic rings. The molecule has 0 radical (unpaired) electrons. The minimum atomic E-state index is -0.295. The van der Waals surface area contributed by atoms with Crippen LogP contribution >= 0.6 is 0 Å². The molecule has 0 aliphatic carbocycles. The Bertz CT molecular complexity index is 388. The van der Waals surface area contributed by atoms with Gasteiger partial charge in [0.1, 0.15) is 5.82 Å². The summed E-state index contributed by atoms with van der Waals surface area (Å²) in [6.45, 7) is 4.62. The number of rotatable bonds is 7. The van der Waals surface area contributed by atoms with Gasteiger partial charge in [-0.1, -0.05) is 32.0 Å². The second kappa shape index (κ2) is 7.27. The average Bonchev–Trinajstić information content (AvgIpc) is 2.33. The second-order valence-corrected chi connectivity index (χ2v) is 4.69. The smallest absolute Gasteiger partial charge is 0.151 e. The highest BCUT2D eigenvalue weighted by Gasteiger charge is 2.15. The third kappa shape index (κ3) is 4.22. The number of likely N-dealkylation sites (N-methyl/N-ethyl adjacent to an activating group) is 1. The lowest BCUT2D eigenvalue weighted by molar-refractivity contribution is -0.119. The summed E-state index contributed by atoms with van der Waals surface area (Å²) in [6, 6.07) is 6.89. The minimum absolute atomic E-state index is 0.0644.